The number of carboxylic acids is 1. The lowest BCUT2D eigenvalue weighted by Crippen LogP contribution is -2.26. The smallest absolute Gasteiger partial charge is 0.307 e. The summed E-state index contributed by atoms with van der Waals surface area (Å²) in [4.78, 5) is 24.2. The summed E-state index contributed by atoms with van der Waals surface area (Å²) < 4.78 is 0. The molecule has 4 heteroatoms. The third-order valence-electron chi connectivity index (χ3n) is 4.66. The van der Waals surface area contributed by atoms with Crippen molar-refractivity contribution in [2.24, 2.45) is 17.8 Å². The largest absolute Gasteiger partial charge is 0.481 e. The molecule has 1 aliphatic rings. The summed E-state index contributed by atoms with van der Waals surface area (Å²) in [6.07, 6.45) is 2.20. The van der Waals surface area contributed by atoms with Crippen molar-refractivity contribution in [1.82, 2.24) is 0 Å². The lowest BCUT2D eigenvalue weighted by atomic mass is 9.86. The van der Waals surface area contributed by atoms with Crippen LogP contribution in [0.2, 0.25) is 5.02 Å². The molecule has 3 nitrogen and oxygen atoms in total. The Morgan fingerprint density at radius 2 is 1.81 bits per heavy atom. The number of carbonyl (C=O) groups is 2. The number of ketones is 1. The van der Waals surface area contributed by atoms with Gasteiger partial charge in [-0.25, -0.2) is 0 Å². The molecule has 1 fully saturated rings. The van der Waals surface area contributed by atoms with Crippen molar-refractivity contribution in [2.75, 3.05) is 0 Å². The van der Waals surface area contributed by atoms with Crippen LogP contribution >= 0.6 is 11.6 Å². The van der Waals surface area contributed by atoms with Crippen LogP contribution in [0.1, 0.15) is 47.7 Å². The number of hydrogen-bond acceptors (Lipinski definition) is 2. The second-order valence-electron chi connectivity index (χ2n) is 6.08. The van der Waals surface area contributed by atoms with Crippen LogP contribution in [0.3, 0.4) is 0 Å². The molecule has 0 aliphatic heterocycles. The predicted octanol–water partition coefficient (Wildman–Crippen LogP) is 4.28. The molecule has 0 heterocycles. The number of aryl methyl sites for hydroxylation is 2. The zero-order valence-corrected chi connectivity index (χ0v) is 13.4. The van der Waals surface area contributed by atoms with Crippen molar-refractivity contribution >= 4 is 23.4 Å². The van der Waals surface area contributed by atoms with E-state index in [1.807, 2.05) is 20.8 Å². The van der Waals surface area contributed by atoms with E-state index in [1.165, 1.54) is 0 Å². The molecule has 3 unspecified atom stereocenters. The fourth-order valence-electron chi connectivity index (χ4n) is 3.29. The maximum Gasteiger partial charge on any atom is 0.307 e. The minimum absolute atomic E-state index is 0.0457. The number of aliphatic carboxylic acids is 1. The van der Waals surface area contributed by atoms with E-state index in [-0.39, 0.29) is 5.78 Å². The lowest BCUT2D eigenvalue weighted by molar-refractivity contribution is -0.142. The molecule has 0 spiro atoms. The van der Waals surface area contributed by atoms with Crippen LogP contribution in [0.5, 0.6) is 0 Å². The molecule has 1 saturated carbocycles. The first kappa shape index (κ1) is 16.0. The standard InChI is InChI=1S/C17H21ClO3/c1-4-11-7-13(14(8-11)17(20)21)16(19)12-5-10(3)15(18)6-9(12)2/h5-6,11,13-14H,4,7-8H2,1-3H3,(H,20,21). The molecule has 114 valence electrons. The molecule has 3 atom stereocenters. The van der Waals surface area contributed by atoms with Gasteiger partial charge in [0.25, 0.3) is 0 Å². The van der Waals surface area contributed by atoms with Gasteiger partial charge in [-0.2, -0.15) is 0 Å². The molecule has 0 aromatic heterocycles. The molecule has 1 N–H and O–H groups in total. The first-order valence-corrected chi connectivity index (χ1v) is 7.76. The third-order valence-corrected chi connectivity index (χ3v) is 5.07. The van der Waals surface area contributed by atoms with Gasteiger partial charge < -0.3 is 5.11 Å². The Balaban J connectivity index is 2.34. The van der Waals surface area contributed by atoms with E-state index >= 15 is 0 Å². The molecule has 2 rings (SSSR count). The van der Waals surface area contributed by atoms with Crippen LogP contribution in [-0.4, -0.2) is 16.9 Å². The van der Waals surface area contributed by atoms with Crippen molar-refractivity contribution in [3.63, 3.8) is 0 Å². The van der Waals surface area contributed by atoms with Crippen LogP contribution < -0.4 is 0 Å². The van der Waals surface area contributed by atoms with E-state index in [1.54, 1.807) is 12.1 Å². The first-order chi connectivity index (χ1) is 9.85. The molecular formula is C17H21ClO3. The minimum Gasteiger partial charge on any atom is -0.481 e. The highest BCUT2D eigenvalue weighted by atomic mass is 35.5. The minimum atomic E-state index is -0.854. The fraction of sp³-hybridized carbons (Fsp3) is 0.529. The average Bonchev–Trinajstić information content (AvgIpc) is 2.86. The van der Waals surface area contributed by atoms with Crippen molar-refractivity contribution in [1.29, 1.82) is 0 Å². The third kappa shape index (κ3) is 3.13. The number of carboxylic acid groups (broad SMARTS) is 1. The Morgan fingerprint density at radius 1 is 1.19 bits per heavy atom. The quantitative estimate of drug-likeness (QED) is 0.845. The van der Waals surface area contributed by atoms with E-state index in [0.29, 0.717) is 29.3 Å². The van der Waals surface area contributed by atoms with Gasteiger partial charge in [0.05, 0.1) is 5.92 Å². The summed E-state index contributed by atoms with van der Waals surface area (Å²) in [5.74, 6) is -1.54. The van der Waals surface area contributed by atoms with Crippen molar-refractivity contribution in [3.8, 4) is 0 Å². The maximum atomic E-state index is 12.8. The summed E-state index contributed by atoms with van der Waals surface area (Å²) in [5.41, 5.74) is 2.28. The summed E-state index contributed by atoms with van der Waals surface area (Å²) in [6, 6.07) is 3.57. The summed E-state index contributed by atoms with van der Waals surface area (Å²) in [7, 11) is 0. The van der Waals surface area contributed by atoms with Gasteiger partial charge in [0.1, 0.15) is 0 Å². The van der Waals surface area contributed by atoms with Gasteiger partial charge in [-0.05, 0) is 55.9 Å². The van der Waals surface area contributed by atoms with Gasteiger partial charge in [0.15, 0.2) is 5.78 Å². The van der Waals surface area contributed by atoms with E-state index in [9.17, 15) is 14.7 Å². The second-order valence-corrected chi connectivity index (χ2v) is 6.48. The van der Waals surface area contributed by atoms with Gasteiger partial charge in [0.2, 0.25) is 0 Å². The Kier molecular flexibility index (Phi) is 4.72. The number of benzene rings is 1. The number of hydrogen-bond donors (Lipinski definition) is 1. The van der Waals surface area contributed by atoms with Gasteiger partial charge in [0, 0.05) is 16.5 Å². The molecule has 0 radical (unpaired) electrons. The molecule has 1 aromatic rings. The molecular weight excluding hydrogens is 288 g/mol. The predicted molar refractivity (Wildman–Crippen MR) is 82.9 cm³/mol. The monoisotopic (exact) mass is 308 g/mol. The molecule has 0 amide bonds. The lowest BCUT2D eigenvalue weighted by Gasteiger charge is -2.16. The van der Waals surface area contributed by atoms with Gasteiger partial charge >= 0.3 is 5.97 Å². The highest BCUT2D eigenvalue weighted by Gasteiger charge is 2.42. The van der Waals surface area contributed by atoms with E-state index in [0.717, 1.165) is 17.5 Å². The maximum absolute atomic E-state index is 12.8. The summed E-state index contributed by atoms with van der Waals surface area (Å²) in [5, 5.41) is 10.0. The van der Waals surface area contributed by atoms with Crippen LogP contribution in [0.15, 0.2) is 12.1 Å². The number of Topliss-reactive ketones (excluding diaryl/α,β-unsaturated/α-hetero) is 1. The number of carbonyl (C=O) groups excluding carboxylic acids is 1. The van der Waals surface area contributed by atoms with Gasteiger partial charge in [-0.3, -0.25) is 9.59 Å². The molecule has 1 aliphatic carbocycles. The van der Waals surface area contributed by atoms with E-state index in [2.05, 4.69) is 0 Å². The normalized spacial score (nSPS) is 25.0. The Morgan fingerprint density at radius 3 is 2.38 bits per heavy atom. The summed E-state index contributed by atoms with van der Waals surface area (Å²) in [6.45, 7) is 5.76. The van der Waals surface area contributed by atoms with Gasteiger partial charge in [-0.15, -0.1) is 0 Å². The Bertz CT molecular complexity index is 580. The molecule has 1 aromatic carbocycles. The van der Waals surface area contributed by atoms with E-state index in [4.69, 9.17) is 11.6 Å². The summed E-state index contributed by atoms with van der Waals surface area (Å²) >= 11 is 6.07. The average molecular weight is 309 g/mol. The van der Waals surface area contributed by atoms with Crippen LogP contribution in [0.25, 0.3) is 0 Å². The zero-order chi connectivity index (χ0) is 15.7. The fourth-order valence-corrected chi connectivity index (χ4v) is 3.50. The Hall–Kier alpha value is -1.35. The zero-order valence-electron chi connectivity index (χ0n) is 12.6. The van der Waals surface area contributed by atoms with Crippen LogP contribution in [0, 0.1) is 31.6 Å². The highest BCUT2D eigenvalue weighted by molar-refractivity contribution is 6.31. The second kappa shape index (κ2) is 6.18. The van der Waals surface area contributed by atoms with Crippen molar-refractivity contribution in [2.45, 2.75) is 40.0 Å². The molecule has 0 saturated heterocycles. The SMILES string of the molecule is CCC1CC(C(=O)O)C(C(=O)c2cc(C)c(Cl)cc2C)C1. The molecule has 0 bridgehead atoms. The number of rotatable bonds is 4. The Labute approximate surface area is 130 Å². The first-order valence-electron chi connectivity index (χ1n) is 7.38. The van der Waals surface area contributed by atoms with E-state index < -0.39 is 17.8 Å². The topological polar surface area (TPSA) is 54.4 Å². The van der Waals surface area contributed by atoms with Gasteiger partial charge in [-0.1, -0.05) is 24.9 Å². The highest BCUT2D eigenvalue weighted by Crippen LogP contribution is 2.40. The van der Waals surface area contributed by atoms with Crippen LogP contribution in [0.4, 0.5) is 0 Å². The molecule has 21 heavy (non-hydrogen) atoms. The van der Waals surface area contributed by atoms with Crippen molar-refractivity contribution in [3.05, 3.63) is 33.8 Å². The number of halogens is 1. The van der Waals surface area contributed by atoms with Crippen LogP contribution in [-0.2, 0) is 4.79 Å². The van der Waals surface area contributed by atoms with Crippen molar-refractivity contribution < 1.29 is 14.7 Å².